The molecule has 0 aromatic heterocycles. The first-order valence-electron chi connectivity index (χ1n) is 5.19. The molecule has 0 spiro atoms. The molecule has 15 heavy (non-hydrogen) atoms. The van der Waals surface area contributed by atoms with Crippen LogP contribution in [0.5, 0.6) is 0 Å². The van der Waals surface area contributed by atoms with Crippen molar-refractivity contribution in [1.29, 1.82) is 0 Å². The van der Waals surface area contributed by atoms with E-state index in [1.54, 1.807) is 14.1 Å². The number of hydrogen-bond acceptors (Lipinski definition) is 3. The summed E-state index contributed by atoms with van der Waals surface area (Å²) in [7, 11) is 3.38. The van der Waals surface area contributed by atoms with Gasteiger partial charge in [0.25, 0.3) is 0 Å². The Morgan fingerprint density at radius 3 is 2.47 bits per heavy atom. The molecule has 0 saturated carbocycles. The molecule has 1 atom stereocenters. The molecule has 0 saturated heterocycles. The molecule has 2 amide bonds. The molecule has 0 fully saturated rings. The summed E-state index contributed by atoms with van der Waals surface area (Å²) in [6.45, 7) is 2.32. The Bertz CT molecular complexity index is 217. The Morgan fingerprint density at radius 1 is 1.40 bits per heavy atom. The van der Waals surface area contributed by atoms with Gasteiger partial charge in [0.15, 0.2) is 0 Å². The van der Waals surface area contributed by atoms with Crippen molar-refractivity contribution in [2.75, 3.05) is 20.6 Å². The highest BCUT2D eigenvalue weighted by Gasteiger charge is 2.08. The second-order valence-electron chi connectivity index (χ2n) is 3.76. The van der Waals surface area contributed by atoms with Gasteiger partial charge in [-0.25, -0.2) is 0 Å². The van der Waals surface area contributed by atoms with E-state index in [0.29, 0.717) is 19.4 Å². The van der Waals surface area contributed by atoms with Crippen molar-refractivity contribution in [2.24, 2.45) is 5.73 Å². The number of nitrogens with two attached hydrogens (primary N) is 1. The lowest BCUT2D eigenvalue weighted by Crippen LogP contribution is -2.34. The molecule has 5 nitrogen and oxygen atoms in total. The maximum atomic E-state index is 11.2. The summed E-state index contributed by atoms with van der Waals surface area (Å²) in [6, 6.07) is -0.0884. The zero-order valence-electron chi connectivity index (χ0n) is 9.75. The van der Waals surface area contributed by atoms with Crippen LogP contribution in [0.2, 0.25) is 0 Å². The van der Waals surface area contributed by atoms with Crippen LogP contribution in [0.25, 0.3) is 0 Å². The molecule has 1 unspecified atom stereocenters. The molecular weight excluding hydrogens is 194 g/mol. The highest BCUT2D eigenvalue weighted by Crippen LogP contribution is 1.93. The molecule has 88 valence electrons. The lowest BCUT2D eigenvalue weighted by atomic mass is 10.1. The van der Waals surface area contributed by atoms with Gasteiger partial charge in [0.05, 0.1) is 0 Å². The highest BCUT2D eigenvalue weighted by atomic mass is 16.2. The zero-order chi connectivity index (χ0) is 11.8. The lowest BCUT2D eigenvalue weighted by Gasteiger charge is -2.11. The molecule has 0 aliphatic heterocycles. The maximum absolute atomic E-state index is 11.2. The van der Waals surface area contributed by atoms with Crippen LogP contribution in [-0.4, -0.2) is 43.4 Å². The average molecular weight is 215 g/mol. The first kappa shape index (κ1) is 13.9. The van der Waals surface area contributed by atoms with Gasteiger partial charge in [0, 0.05) is 39.5 Å². The Hall–Kier alpha value is -1.10. The van der Waals surface area contributed by atoms with Crippen molar-refractivity contribution in [3.8, 4) is 0 Å². The summed E-state index contributed by atoms with van der Waals surface area (Å²) in [5, 5.41) is 2.67. The van der Waals surface area contributed by atoms with Gasteiger partial charge in [0.1, 0.15) is 0 Å². The third kappa shape index (κ3) is 6.90. The van der Waals surface area contributed by atoms with Gasteiger partial charge in [0.2, 0.25) is 11.8 Å². The molecule has 0 aromatic rings. The van der Waals surface area contributed by atoms with Gasteiger partial charge in [-0.15, -0.1) is 0 Å². The van der Waals surface area contributed by atoms with Crippen molar-refractivity contribution < 1.29 is 9.59 Å². The van der Waals surface area contributed by atoms with Crippen LogP contribution in [0.3, 0.4) is 0 Å². The number of carbonyl (C=O) groups is 2. The van der Waals surface area contributed by atoms with Crippen LogP contribution in [0.15, 0.2) is 0 Å². The Labute approximate surface area is 91.0 Å². The lowest BCUT2D eigenvalue weighted by molar-refractivity contribution is -0.128. The summed E-state index contributed by atoms with van der Waals surface area (Å²) in [5.41, 5.74) is 5.62. The van der Waals surface area contributed by atoms with Gasteiger partial charge >= 0.3 is 0 Å². The van der Waals surface area contributed by atoms with E-state index in [-0.39, 0.29) is 17.9 Å². The number of nitrogens with zero attached hydrogens (tertiary/aromatic N) is 1. The normalized spacial score (nSPS) is 12.0. The van der Waals surface area contributed by atoms with E-state index in [4.69, 9.17) is 5.73 Å². The summed E-state index contributed by atoms with van der Waals surface area (Å²) in [4.78, 5) is 23.9. The van der Waals surface area contributed by atoms with Crippen LogP contribution in [0.4, 0.5) is 0 Å². The first-order valence-corrected chi connectivity index (χ1v) is 5.19. The largest absolute Gasteiger partial charge is 0.356 e. The minimum absolute atomic E-state index is 0.00934. The predicted molar refractivity (Wildman–Crippen MR) is 59.2 cm³/mol. The van der Waals surface area contributed by atoms with Crippen molar-refractivity contribution >= 4 is 11.8 Å². The Balaban J connectivity index is 3.60. The minimum atomic E-state index is -0.0884. The van der Waals surface area contributed by atoms with Crippen molar-refractivity contribution in [1.82, 2.24) is 10.2 Å². The minimum Gasteiger partial charge on any atom is -0.356 e. The predicted octanol–water partition coefficient (Wildman–Crippen LogP) is -0.292. The Morgan fingerprint density at radius 2 is 2.00 bits per heavy atom. The fourth-order valence-electron chi connectivity index (χ4n) is 0.987. The van der Waals surface area contributed by atoms with Crippen LogP contribution in [0.1, 0.15) is 26.2 Å². The number of amides is 2. The number of rotatable bonds is 6. The van der Waals surface area contributed by atoms with Gasteiger partial charge < -0.3 is 16.0 Å². The molecule has 0 rings (SSSR count). The molecule has 0 aliphatic carbocycles. The molecule has 0 aliphatic rings. The monoisotopic (exact) mass is 215 g/mol. The van der Waals surface area contributed by atoms with Crippen molar-refractivity contribution in [3.05, 3.63) is 0 Å². The van der Waals surface area contributed by atoms with Gasteiger partial charge in [-0.3, -0.25) is 9.59 Å². The molecule has 0 aromatic carbocycles. The molecule has 3 N–H and O–H groups in total. The van der Waals surface area contributed by atoms with E-state index in [1.165, 1.54) is 4.90 Å². The molecule has 0 radical (unpaired) electrons. The summed E-state index contributed by atoms with van der Waals surface area (Å²) >= 11 is 0. The summed E-state index contributed by atoms with van der Waals surface area (Å²) in [5.74, 6) is -0.0778. The van der Waals surface area contributed by atoms with E-state index in [9.17, 15) is 9.59 Å². The second-order valence-corrected chi connectivity index (χ2v) is 3.76. The number of nitrogens with one attached hydrogen (secondary N) is 1. The molecule has 0 bridgehead atoms. The van der Waals surface area contributed by atoms with Gasteiger partial charge in [-0.1, -0.05) is 6.92 Å². The van der Waals surface area contributed by atoms with Gasteiger partial charge in [-0.2, -0.15) is 0 Å². The van der Waals surface area contributed by atoms with E-state index in [2.05, 4.69) is 5.32 Å². The molecular formula is C10H21N3O2. The van der Waals surface area contributed by atoms with Gasteiger partial charge in [-0.05, 0) is 6.42 Å². The fourth-order valence-corrected chi connectivity index (χ4v) is 0.987. The number of hydrogen-bond donors (Lipinski definition) is 2. The SMILES string of the molecule is CCC(N)CC(=O)NCCC(=O)N(C)C. The smallest absolute Gasteiger partial charge is 0.223 e. The fraction of sp³-hybridized carbons (Fsp3) is 0.800. The van der Waals surface area contributed by atoms with Crippen LogP contribution >= 0.6 is 0 Å². The third-order valence-electron chi connectivity index (χ3n) is 2.13. The third-order valence-corrected chi connectivity index (χ3v) is 2.13. The standard InChI is InChI=1S/C10H21N3O2/c1-4-8(11)7-9(14)12-6-5-10(15)13(2)3/h8H,4-7,11H2,1-3H3,(H,12,14). The Kier molecular flexibility index (Phi) is 6.70. The topological polar surface area (TPSA) is 75.4 Å². The van der Waals surface area contributed by atoms with E-state index in [1.807, 2.05) is 6.92 Å². The maximum Gasteiger partial charge on any atom is 0.223 e. The summed E-state index contributed by atoms with van der Waals surface area (Å²) in [6.07, 6.45) is 1.44. The van der Waals surface area contributed by atoms with Crippen LogP contribution in [-0.2, 0) is 9.59 Å². The van der Waals surface area contributed by atoms with E-state index in [0.717, 1.165) is 6.42 Å². The molecule has 0 heterocycles. The van der Waals surface area contributed by atoms with Crippen LogP contribution in [0, 0.1) is 0 Å². The summed E-state index contributed by atoms with van der Waals surface area (Å²) < 4.78 is 0. The van der Waals surface area contributed by atoms with E-state index < -0.39 is 0 Å². The van der Waals surface area contributed by atoms with Crippen molar-refractivity contribution in [2.45, 2.75) is 32.2 Å². The second kappa shape index (κ2) is 7.23. The average Bonchev–Trinajstić information content (AvgIpc) is 2.17. The molecule has 5 heteroatoms. The quantitative estimate of drug-likeness (QED) is 0.639. The highest BCUT2D eigenvalue weighted by molar-refractivity contribution is 5.79. The first-order chi connectivity index (χ1) is 6.97. The zero-order valence-corrected chi connectivity index (χ0v) is 9.75. The van der Waals surface area contributed by atoms with Crippen molar-refractivity contribution in [3.63, 3.8) is 0 Å². The van der Waals surface area contributed by atoms with Crippen LogP contribution < -0.4 is 11.1 Å². The number of carbonyl (C=O) groups excluding carboxylic acids is 2. The van der Waals surface area contributed by atoms with E-state index >= 15 is 0 Å².